The summed E-state index contributed by atoms with van der Waals surface area (Å²) in [7, 11) is 0. The molecule has 0 atom stereocenters. The maximum absolute atomic E-state index is 5.59. The van der Waals surface area contributed by atoms with Gasteiger partial charge in [-0.25, -0.2) is 0 Å². The van der Waals surface area contributed by atoms with Crippen LogP contribution in [0.4, 0.5) is 6.01 Å². The molecular formula is C14H26N4O. The third kappa shape index (κ3) is 4.21. The Hall–Kier alpha value is -1.07. The minimum absolute atomic E-state index is 0.782. The van der Waals surface area contributed by atoms with Crippen LogP contribution in [0.1, 0.15) is 32.4 Å². The summed E-state index contributed by atoms with van der Waals surface area (Å²) < 4.78 is 5.59. The molecule has 1 saturated heterocycles. The topological polar surface area (TPSA) is 44.5 Å². The van der Waals surface area contributed by atoms with Crippen LogP contribution in [0.5, 0.6) is 0 Å². The summed E-state index contributed by atoms with van der Waals surface area (Å²) in [4.78, 5) is 9.30. The van der Waals surface area contributed by atoms with Gasteiger partial charge in [-0.1, -0.05) is 13.8 Å². The van der Waals surface area contributed by atoms with E-state index in [2.05, 4.69) is 33.9 Å². The van der Waals surface area contributed by atoms with Crippen molar-refractivity contribution in [3.05, 3.63) is 12.0 Å². The molecule has 1 aliphatic heterocycles. The number of rotatable bonds is 7. The summed E-state index contributed by atoms with van der Waals surface area (Å²) in [5.41, 5.74) is 0.999. The highest BCUT2D eigenvalue weighted by Gasteiger charge is 2.19. The number of nitrogens with one attached hydrogen (secondary N) is 1. The van der Waals surface area contributed by atoms with Crippen LogP contribution in [0.15, 0.2) is 10.7 Å². The van der Waals surface area contributed by atoms with E-state index >= 15 is 0 Å². The van der Waals surface area contributed by atoms with Crippen LogP contribution < -0.4 is 10.2 Å². The zero-order valence-corrected chi connectivity index (χ0v) is 12.2. The van der Waals surface area contributed by atoms with Crippen molar-refractivity contribution in [3.63, 3.8) is 0 Å². The molecule has 0 aromatic carbocycles. The zero-order valence-electron chi connectivity index (χ0n) is 12.2. The van der Waals surface area contributed by atoms with Gasteiger partial charge in [0.25, 0.3) is 6.01 Å². The Morgan fingerprint density at radius 1 is 1.21 bits per heavy atom. The molecule has 1 aliphatic rings. The molecule has 0 amide bonds. The molecule has 108 valence electrons. The molecule has 0 spiro atoms. The fourth-order valence-electron chi connectivity index (χ4n) is 2.39. The lowest BCUT2D eigenvalue weighted by molar-refractivity contribution is 0.253. The molecule has 2 rings (SSSR count). The third-order valence-corrected chi connectivity index (χ3v) is 3.46. The van der Waals surface area contributed by atoms with E-state index in [1.54, 1.807) is 6.26 Å². The van der Waals surface area contributed by atoms with Gasteiger partial charge in [0.2, 0.25) is 0 Å². The van der Waals surface area contributed by atoms with Gasteiger partial charge in [-0.2, -0.15) is 4.98 Å². The highest BCUT2D eigenvalue weighted by atomic mass is 16.4. The van der Waals surface area contributed by atoms with E-state index in [0.29, 0.717) is 0 Å². The number of hydrogen-bond donors (Lipinski definition) is 1. The summed E-state index contributed by atoms with van der Waals surface area (Å²) in [6.45, 7) is 11.7. The van der Waals surface area contributed by atoms with Crippen LogP contribution >= 0.6 is 0 Å². The van der Waals surface area contributed by atoms with Crippen LogP contribution in [0.25, 0.3) is 0 Å². The van der Waals surface area contributed by atoms with E-state index in [9.17, 15) is 0 Å². The summed E-state index contributed by atoms with van der Waals surface area (Å²) in [6.07, 6.45) is 4.15. The fourth-order valence-corrected chi connectivity index (χ4v) is 2.39. The number of hydrogen-bond acceptors (Lipinski definition) is 5. The first kappa shape index (κ1) is 14.3. The number of aromatic nitrogens is 1. The molecule has 1 aromatic heterocycles. The molecule has 0 saturated carbocycles. The predicted molar refractivity (Wildman–Crippen MR) is 77.4 cm³/mol. The number of anilines is 1. The first-order chi connectivity index (χ1) is 9.33. The smallest absolute Gasteiger partial charge is 0.297 e. The van der Waals surface area contributed by atoms with Crippen molar-refractivity contribution in [1.29, 1.82) is 0 Å². The molecule has 5 nitrogen and oxygen atoms in total. The van der Waals surface area contributed by atoms with E-state index in [1.807, 2.05) is 0 Å². The van der Waals surface area contributed by atoms with Crippen LogP contribution in [0, 0.1) is 0 Å². The fraction of sp³-hybridized carbons (Fsp3) is 0.786. The van der Waals surface area contributed by atoms with E-state index in [4.69, 9.17) is 4.42 Å². The van der Waals surface area contributed by atoms with Gasteiger partial charge >= 0.3 is 0 Å². The van der Waals surface area contributed by atoms with Crippen LogP contribution in [0.3, 0.4) is 0 Å². The molecule has 0 radical (unpaired) electrons. The SMILES string of the molecule is CCCNCc1coc(N2CCN(CCC)CC2)n1. The van der Waals surface area contributed by atoms with E-state index in [-0.39, 0.29) is 0 Å². The molecule has 1 aromatic rings. The first-order valence-corrected chi connectivity index (χ1v) is 7.46. The molecular weight excluding hydrogens is 240 g/mol. The summed E-state index contributed by atoms with van der Waals surface area (Å²) in [6, 6.07) is 0.782. The third-order valence-electron chi connectivity index (χ3n) is 3.46. The lowest BCUT2D eigenvalue weighted by Crippen LogP contribution is -2.46. The molecule has 1 fully saturated rings. The average molecular weight is 266 g/mol. The van der Waals surface area contributed by atoms with Gasteiger partial charge in [-0.05, 0) is 25.9 Å². The van der Waals surface area contributed by atoms with E-state index in [1.165, 1.54) is 13.0 Å². The van der Waals surface area contributed by atoms with Crippen LogP contribution in [-0.2, 0) is 6.54 Å². The molecule has 0 aliphatic carbocycles. The normalized spacial score (nSPS) is 17.1. The van der Waals surface area contributed by atoms with Crippen molar-refractivity contribution in [2.75, 3.05) is 44.2 Å². The molecule has 1 N–H and O–H groups in total. The second-order valence-corrected chi connectivity index (χ2v) is 5.13. The Bertz CT molecular complexity index is 358. The average Bonchev–Trinajstić information content (AvgIpc) is 2.89. The van der Waals surface area contributed by atoms with E-state index < -0.39 is 0 Å². The molecule has 0 bridgehead atoms. The van der Waals surface area contributed by atoms with E-state index in [0.717, 1.165) is 57.4 Å². The van der Waals surface area contributed by atoms with Gasteiger partial charge in [0, 0.05) is 32.7 Å². The van der Waals surface area contributed by atoms with Gasteiger partial charge < -0.3 is 14.6 Å². The quantitative estimate of drug-likeness (QED) is 0.761. The number of oxazole rings is 1. The maximum atomic E-state index is 5.59. The first-order valence-electron chi connectivity index (χ1n) is 7.46. The van der Waals surface area contributed by atoms with Crippen LogP contribution in [0.2, 0.25) is 0 Å². The Balaban J connectivity index is 1.79. The molecule has 19 heavy (non-hydrogen) atoms. The van der Waals surface area contributed by atoms with Crippen molar-refractivity contribution in [2.24, 2.45) is 0 Å². The zero-order chi connectivity index (χ0) is 13.5. The standard InChI is InChI=1S/C14H26N4O/c1-3-5-15-11-13-12-19-14(16-13)18-9-7-17(6-4-2)8-10-18/h12,15H,3-11H2,1-2H3. The minimum atomic E-state index is 0.782. The van der Waals surface area contributed by atoms with Crippen molar-refractivity contribution in [3.8, 4) is 0 Å². The van der Waals surface area contributed by atoms with Gasteiger partial charge in [0.1, 0.15) is 6.26 Å². The number of nitrogens with zero attached hydrogens (tertiary/aromatic N) is 3. The highest BCUT2D eigenvalue weighted by molar-refractivity contribution is 5.27. The monoisotopic (exact) mass is 266 g/mol. The maximum Gasteiger partial charge on any atom is 0.297 e. The lowest BCUT2D eigenvalue weighted by atomic mass is 10.3. The largest absolute Gasteiger partial charge is 0.432 e. The molecule has 0 unspecified atom stereocenters. The Labute approximate surface area is 116 Å². The Morgan fingerprint density at radius 3 is 2.68 bits per heavy atom. The van der Waals surface area contributed by atoms with Crippen LogP contribution in [-0.4, -0.2) is 49.2 Å². The van der Waals surface area contributed by atoms with Gasteiger partial charge in [0.15, 0.2) is 0 Å². The molecule has 5 heteroatoms. The Morgan fingerprint density at radius 2 is 2.00 bits per heavy atom. The predicted octanol–water partition coefficient (Wildman–Crippen LogP) is 1.71. The molecule has 2 heterocycles. The van der Waals surface area contributed by atoms with Crippen molar-refractivity contribution >= 4 is 6.01 Å². The minimum Gasteiger partial charge on any atom is -0.432 e. The summed E-state index contributed by atoms with van der Waals surface area (Å²) >= 11 is 0. The summed E-state index contributed by atoms with van der Waals surface area (Å²) in [5, 5.41) is 3.34. The van der Waals surface area contributed by atoms with Crippen molar-refractivity contribution < 1.29 is 4.42 Å². The van der Waals surface area contributed by atoms with Gasteiger partial charge in [0.05, 0.1) is 5.69 Å². The van der Waals surface area contributed by atoms with Gasteiger partial charge in [-0.3, -0.25) is 4.90 Å². The highest BCUT2D eigenvalue weighted by Crippen LogP contribution is 2.15. The second-order valence-electron chi connectivity index (χ2n) is 5.13. The Kier molecular flexibility index (Phi) is 5.66. The lowest BCUT2D eigenvalue weighted by Gasteiger charge is -2.33. The van der Waals surface area contributed by atoms with Crippen molar-refractivity contribution in [1.82, 2.24) is 15.2 Å². The summed E-state index contributed by atoms with van der Waals surface area (Å²) in [5.74, 6) is 0. The number of piperazine rings is 1. The second kappa shape index (κ2) is 7.50. The van der Waals surface area contributed by atoms with Gasteiger partial charge in [-0.15, -0.1) is 0 Å². The van der Waals surface area contributed by atoms with Crippen molar-refractivity contribution in [2.45, 2.75) is 33.2 Å².